The van der Waals surface area contributed by atoms with Gasteiger partial charge in [0.25, 0.3) is 0 Å². The molecule has 0 saturated carbocycles. The molecule has 0 amide bonds. The maximum absolute atomic E-state index is 3.79. The van der Waals surface area contributed by atoms with E-state index in [1.807, 2.05) is 0 Å². The summed E-state index contributed by atoms with van der Waals surface area (Å²) in [5.41, 5.74) is 0.355. The van der Waals surface area contributed by atoms with Gasteiger partial charge in [0.15, 0.2) is 0 Å². The Kier molecular flexibility index (Phi) is 6.32. The highest BCUT2D eigenvalue weighted by molar-refractivity contribution is 4.93. The second-order valence-corrected chi connectivity index (χ2v) is 7.77. The maximum Gasteiger partial charge on any atom is 0.0244 e. The van der Waals surface area contributed by atoms with Gasteiger partial charge in [-0.15, -0.1) is 0 Å². The lowest BCUT2D eigenvalue weighted by Gasteiger charge is -2.47. The summed E-state index contributed by atoms with van der Waals surface area (Å²) in [6.07, 6.45) is 2.62. The van der Waals surface area contributed by atoms with Gasteiger partial charge in [-0.1, -0.05) is 61.3 Å². The average molecular weight is 268 g/mol. The van der Waals surface area contributed by atoms with Crippen LogP contribution in [0.3, 0.4) is 0 Å². The summed E-state index contributed by atoms with van der Waals surface area (Å²) in [6, 6.07) is 1.33. The van der Waals surface area contributed by atoms with E-state index in [-0.39, 0.29) is 0 Å². The van der Waals surface area contributed by atoms with E-state index in [0.717, 1.165) is 18.4 Å². The Morgan fingerprint density at radius 2 is 1.74 bits per heavy atom. The molecule has 1 saturated heterocycles. The van der Waals surface area contributed by atoms with Gasteiger partial charge < -0.3 is 5.32 Å². The first kappa shape index (κ1) is 17.0. The van der Waals surface area contributed by atoms with Gasteiger partial charge >= 0.3 is 0 Å². The molecule has 0 aromatic heterocycles. The van der Waals surface area contributed by atoms with Crippen LogP contribution in [-0.2, 0) is 0 Å². The first-order valence-corrected chi connectivity index (χ1v) is 8.27. The predicted octanol–water partition coefficient (Wildman–Crippen LogP) is 3.77. The van der Waals surface area contributed by atoms with Crippen molar-refractivity contribution in [1.82, 2.24) is 10.2 Å². The van der Waals surface area contributed by atoms with Gasteiger partial charge in [-0.25, -0.2) is 0 Å². The number of piperazine rings is 1. The molecule has 0 aliphatic carbocycles. The molecular weight excluding hydrogens is 232 g/mol. The summed E-state index contributed by atoms with van der Waals surface area (Å²) in [4.78, 5) is 2.77. The highest BCUT2D eigenvalue weighted by Crippen LogP contribution is 2.26. The van der Waals surface area contributed by atoms with Crippen LogP contribution in [0.4, 0.5) is 0 Å². The van der Waals surface area contributed by atoms with E-state index in [4.69, 9.17) is 0 Å². The molecule has 1 N–H and O–H groups in total. The molecule has 1 aliphatic rings. The van der Waals surface area contributed by atoms with Gasteiger partial charge in [-0.05, 0) is 17.3 Å². The molecule has 0 aromatic rings. The molecule has 114 valence electrons. The van der Waals surface area contributed by atoms with Crippen LogP contribution in [0.25, 0.3) is 0 Å². The first-order valence-electron chi connectivity index (χ1n) is 8.27. The Morgan fingerprint density at radius 1 is 1.16 bits per heavy atom. The third-order valence-corrected chi connectivity index (χ3v) is 4.92. The average Bonchev–Trinajstić information content (AvgIpc) is 2.34. The summed E-state index contributed by atoms with van der Waals surface area (Å²) in [7, 11) is 0. The topological polar surface area (TPSA) is 15.3 Å². The molecule has 1 aliphatic heterocycles. The molecule has 0 bridgehead atoms. The van der Waals surface area contributed by atoms with Crippen molar-refractivity contribution < 1.29 is 0 Å². The summed E-state index contributed by atoms with van der Waals surface area (Å²) >= 11 is 0. The second kappa shape index (κ2) is 7.08. The van der Waals surface area contributed by atoms with Gasteiger partial charge in [0, 0.05) is 31.7 Å². The lowest BCUT2D eigenvalue weighted by atomic mass is 9.83. The molecule has 2 heteroatoms. The van der Waals surface area contributed by atoms with E-state index in [2.05, 4.69) is 58.7 Å². The fraction of sp³-hybridized carbons (Fsp3) is 1.00. The minimum Gasteiger partial charge on any atom is -0.311 e. The van der Waals surface area contributed by atoms with Crippen LogP contribution in [0.5, 0.6) is 0 Å². The quantitative estimate of drug-likeness (QED) is 0.816. The zero-order valence-corrected chi connectivity index (χ0v) is 14.3. The van der Waals surface area contributed by atoms with Gasteiger partial charge in [-0.3, -0.25) is 4.90 Å². The Balaban J connectivity index is 2.73. The molecule has 2 unspecified atom stereocenters. The standard InChI is InChI=1S/C17H36N2/c1-8-14(9-2)11-19-12-16(17(5,6)7)18-10-15(19)13(3)4/h13-16,18H,8-12H2,1-7H3. The van der Waals surface area contributed by atoms with Crippen LogP contribution in [0, 0.1) is 17.3 Å². The lowest BCUT2D eigenvalue weighted by Crippen LogP contribution is -2.62. The van der Waals surface area contributed by atoms with Crippen molar-refractivity contribution in [1.29, 1.82) is 0 Å². The van der Waals surface area contributed by atoms with Crippen molar-refractivity contribution >= 4 is 0 Å². The summed E-state index contributed by atoms with van der Waals surface area (Å²) in [6.45, 7) is 20.1. The van der Waals surface area contributed by atoms with Crippen molar-refractivity contribution in [3.63, 3.8) is 0 Å². The van der Waals surface area contributed by atoms with Crippen molar-refractivity contribution in [2.75, 3.05) is 19.6 Å². The van der Waals surface area contributed by atoms with Gasteiger partial charge in [-0.2, -0.15) is 0 Å². The van der Waals surface area contributed by atoms with Gasteiger partial charge in [0.05, 0.1) is 0 Å². The fourth-order valence-electron chi connectivity index (χ4n) is 3.15. The zero-order chi connectivity index (χ0) is 14.6. The number of rotatable bonds is 5. The molecule has 2 nitrogen and oxygen atoms in total. The van der Waals surface area contributed by atoms with Gasteiger partial charge in [0.2, 0.25) is 0 Å². The van der Waals surface area contributed by atoms with Crippen LogP contribution in [0.15, 0.2) is 0 Å². The maximum atomic E-state index is 3.79. The number of hydrogen-bond donors (Lipinski definition) is 1. The monoisotopic (exact) mass is 268 g/mol. The Bertz CT molecular complexity index is 250. The molecule has 2 atom stereocenters. The van der Waals surface area contributed by atoms with E-state index in [9.17, 15) is 0 Å². The predicted molar refractivity (Wildman–Crippen MR) is 85.5 cm³/mol. The van der Waals surface area contributed by atoms with Crippen molar-refractivity contribution in [2.24, 2.45) is 17.3 Å². The molecule has 19 heavy (non-hydrogen) atoms. The Hall–Kier alpha value is -0.0800. The van der Waals surface area contributed by atoms with E-state index in [1.165, 1.54) is 25.9 Å². The van der Waals surface area contributed by atoms with Crippen LogP contribution in [-0.4, -0.2) is 36.6 Å². The SMILES string of the molecule is CCC(CC)CN1CC(C(C)(C)C)NCC1C(C)C. The van der Waals surface area contributed by atoms with Crippen LogP contribution in [0.1, 0.15) is 61.3 Å². The number of hydrogen-bond acceptors (Lipinski definition) is 2. The largest absolute Gasteiger partial charge is 0.311 e. The normalized spacial score (nSPS) is 26.4. The van der Waals surface area contributed by atoms with E-state index >= 15 is 0 Å². The molecule has 1 heterocycles. The molecule has 0 radical (unpaired) electrons. The number of nitrogens with zero attached hydrogens (tertiary/aromatic N) is 1. The van der Waals surface area contributed by atoms with Crippen molar-refractivity contribution in [2.45, 2.75) is 73.4 Å². The van der Waals surface area contributed by atoms with Crippen LogP contribution in [0.2, 0.25) is 0 Å². The van der Waals surface area contributed by atoms with Gasteiger partial charge in [0.1, 0.15) is 0 Å². The summed E-state index contributed by atoms with van der Waals surface area (Å²) < 4.78 is 0. The summed E-state index contributed by atoms with van der Waals surface area (Å²) in [5.74, 6) is 1.60. The smallest absolute Gasteiger partial charge is 0.0244 e. The van der Waals surface area contributed by atoms with Crippen LogP contribution < -0.4 is 5.32 Å². The minimum atomic E-state index is 0.355. The fourth-order valence-corrected chi connectivity index (χ4v) is 3.15. The van der Waals surface area contributed by atoms with E-state index in [0.29, 0.717) is 17.5 Å². The van der Waals surface area contributed by atoms with E-state index in [1.54, 1.807) is 0 Å². The Labute approximate surface area is 121 Å². The van der Waals surface area contributed by atoms with Crippen LogP contribution >= 0.6 is 0 Å². The third-order valence-electron chi connectivity index (χ3n) is 4.92. The molecule has 0 spiro atoms. The third kappa shape index (κ3) is 4.75. The van der Waals surface area contributed by atoms with Crippen molar-refractivity contribution in [3.8, 4) is 0 Å². The summed E-state index contributed by atoms with van der Waals surface area (Å²) in [5, 5.41) is 3.79. The highest BCUT2D eigenvalue weighted by atomic mass is 15.2. The number of nitrogens with one attached hydrogen (secondary N) is 1. The molecule has 0 aromatic carbocycles. The zero-order valence-electron chi connectivity index (χ0n) is 14.3. The molecule has 1 fully saturated rings. The highest BCUT2D eigenvalue weighted by Gasteiger charge is 2.35. The lowest BCUT2D eigenvalue weighted by molar-refractivity contribution is 0.0496. The minimum absolute atomic E-state index is 0.355. The first-order chi connectivity index (χ1) is 8.79. The molecule has 1 rings (SSSR count). The molecular formula is C17H36N2. The van der Waals surface area contributed by atoms with Crippen molar-refractivity contribution in [3.05, 3.63) is 0 Å². The second-order valence-electron chi connectivity index (χ2n) is 7.77. The Morgan fingerprint density at radius 3 is 2.16 bits per heavy atom. The van der Waals surface area contributed by atoms with E-state index < -0.39 is 0 Å².